The summed E-state index contributed by atoms with van der Waals surface area (Å²) in [6, 6.07) is 5.99. The standard InChI is InChI=1S/C24H32FN5OS/c1-16(31)30-10-8-29(9-11-30)7-6-20-15-32-24(27-20)22-13-17-12-18(25)14-21(23(17)28-22)26-19-4-2-3-5-19/h12-14,19-20,26,28H,2-11,15H2,1H3. The molecule has 172 valence electrons. The summed E-state index contributed by atoms with van der Waals surface area (Å²) < 4.78 is 14.2. The highest BCUT2D eigenvalue weighted by Gasteiger charge is 2.24. The van der Waals surface area contributed by atoms with Gasteiger partial charge in [0.05, 0.1) is 22.9 Å². The zero-order chi connectivity index (χ0) is 22.1. The highest BCUT2D eigenvalue weighted by molar-refractivity contribution is 8.14. The molecule has 1 saturated carbocycles. The Hall–Kier alpha value is -2.06. The number of piperazine rings is 1. The Morgan fingerprint density at radius 3 is 2.75 bits per heavy atom. The predicted octanol–water partition coefficient (Wildman–Crippen LogP) is 4.08. The van der Waals surface area contributed by atoms with Crippen molar-refractivity contribution >= 4 is 39.3 Å². The molecule has 1 aromatic heterocycles. The number of aliphatic imine (C=N–C) groups is 1. The molecular formula is C24H32FN5OS. The molecular weight excluding hydrogens is 425 g/mol. The summed E-state index contributed by atoms with van der Waals surface area (Å²) in [5.41, 5.74) is 2.83. The minimum Gasteiger partial charge on any atom is -0.381 e. The third-order valence-corrected chi connectivity index (χ3v) is 8.10. The number of thioether (sulfide) groups is 1. The number of hydrogen-bond acceptors (Lipinski definition) is 5. The zero-order valence-corrected chi connectivity index (χ0v) is 19.5. The number of rotatable bonds is 6. The lowest BCUT2D eigenvalue weighted by Crippen LogP contribution is -2.48. The number of H-pyrrole nitrogens is 1. The number of aromatic nitrogens is 1. The van der Waals surface area contributed by atoms with Crippen molar-refractivity contribution < 1.29 is 9.18 Å². The molecule has 5 rings (SSSR count). The predicted molar refractivity (Wildman–Crippen MR) is 130 cm³/mol. The van der Waals surface area contributed by atoms with E-state index in [4.69, 9.17) is 4.99 Å². The number of benzene rings is 1. The fraction of sp³-hybridized carbons (Fsp3) is 0.583. The van der Waals surface area contributed by atoms with Gasteiger partial charge in [0.25, 0.3) is 0 Å². The van der Waals surface area contributed by atoms with Gasteiger partial charge in [-0.1, -0.05) is 12.8 Å². The van der Waals surface area contributed by atoms with Crippen molar-refractivity contribution in [1.82, 2.24) is 14.8 Å². The fourth-order valence-electron chi connectivity index (χ4n) is 5.06. The first-order chi connectivity index (χ1) is 15.5. The number of carbonyl (C=O) groups excluding carboxylic acids is 1. The van der Waals surface area contributed by atoms with Crippen molar-refractivity contribution in [2.75, 3.05) is 43.8 Å². The number of halogens is 1. The summed E-state index contributed by atoms with van der Waals surface area (Å²) in [5.74, 6) is 0.956. The van der Waals surface area contributed by atoms with Gasteiger partial charge in [-0.15, -0.1) is 11.8 Å². The van der Waals surface area contributed by atoms with Crippen LogP contribution >= 0.6 is 11.8 Å². The van der Waals surface area contributed by atoms with Crippen molar-refractivity contribution in [1.29, 1.82) is 0 Å². The second-order valence-electron chi connectivity index (χ2n) is 9.26. The van der Waals surface area contributed by atoms with Gasteiger partial charge in [0.15, 0.2) is 0 Å². The van der Waals surface area contributed by atoms with Gasteiger partial charge in [0.2, 0.25) is 5.91 Å². The molecule has 2 N–H and O–H groups in total. The molecule has 2 aliphatic heterocycles. The Bertz CT molecular complexity index is 1010. The smallest absolute Gasteiger partial charge is 0.219 e. The van der Waals surface area contributed by atoms with Crippen LogP contribution in [0.5, 0.6) is 0 Å². The normalized spacial score (nSPS) is 22.6. The van der Waals surface area contributed by atoms with E-state index < -0.39 is 0 Å². The van der Waals surface area contributed by atoms with Crippen molar-refractivity contribution in [3.63, 3.8) is 0 Å². The maximum atomic E-state index is 14.2. The van der Waals surface area contributed by atoms with E-state index in [0.717, 1.165) is 85.1 Å². The van der Waals surface area contributed by atoms with Gasteiger partial charge in [-0.25, -0.2) is 4.39 Å². The summed E-state index contributed by atoms with van der Waals surface area (Å²) in [6.07, 6.45) is 5.82. The van der Waals surface area contributed by atoms with E-state index in [1.165, 1.54) is 12.8 Å². The van der Waals surface area contributed by atoms with Gasteiger partial charge >= 0.3 is 0 Å². The molecule has 1 unspecified atom stereocenters. The first kappa shape index (κ1) is 21.8. The molecule has 8 heteroatoms. The first-order valence-electron chi connectivity index (χ1n) is 11.8. The quantitative estimate of drug-likeness (QED) is 0.686. The molecule has 2 fully saturated rings. The minimum atomic E-state index is -0.202. The maximum absolute atomic E-state index is 14.2. The summed E-state index contributed by atoms with van der Waals surface area (Å²) in [7, 11) is 0. The minimum absolute atomic E-state index is 0.172. The summed E-state index contributed by atoms with van der Waals surface area (Å²) in [4.78, 5) is 24.4. The van der Waals surface area contributed by atoms with E-state index >= 15 is 0 Å². The molecule has 1 saturated heterocycles. The Morgan fingerprint density at radius 1 is 1.22 bits per heavy atom. The van der Waals surface area contributed by atoms with E-state index in [9.17, 15) is 9.18 Å². The van der Waals surface area contributed by atoms with Crippen LogP contribution in [0.15, 0.2) is 23.2 Å². The molecule has 0 spiro atoms. The number of fused-ring (bicyclic) bond motifs is 1. The molecule has 3 aliphatic rings. The van der Waals surface area contributed by atoms with Crippen LogP contribution in [-0.2, 0) is 4.79 Å². The molecule has 0 bridgehead atoms. The lowest BCUT2D eigenvalue weighted by atomic mass is 10.2. The number of hydrogen-bond donors (Lipinski definition) is 2. The Balaban J connectivity index is 1.23. The van der Waals surface area contributed by atoms with Gasteiger partial charge < -0.3 is 15.2 Å². The molecule has 0 radical (unpaired) electrons. The van der Waals surface area contributed by atoms with Crippen molar-refractivity contribution in [3.8, 4) is 0 Å². The maximum Gasteiger partial charge on any atom is 0.219 e. The van der Waals surface area contributed by atoms with Crippen LogP contribution in [-0.4, -0.2) is 76.3 Å². The van der Waals surface area contributed by atoms with E-state index in [1.54, 1.807) is 30.8 Å². The van der Waals surface area contributed by atoms with Crippen LogP contribution in [0, 0.1) is 5.82 Å². The SMILES string of the molecule is CC(=O)N1CCN(CCC2CSC(c3cc4cc(F)cc(NC5CCCC5)c4[nH]3)=N2)CC1. The van der Waals surface area contributed by atoms with E-state index in [-0.39, 0.29) is 11.7 Å². The third-order valence-electron chi connectivity index (χ3n) is 6.95. The average molecular weight is 458 g/mol. The second kappa shape index (κ2) is 9.43. The van der Waals surface area contributed by atoms with E-state index in [1.807, 2.05) is 11.0 Å². The molecule has 6 nitrogen and oxygen atoms in total. The number of carbonyl (C=O) groups is 1. The lowest BCUT2D eigenvalue weighted by molar-refractivity contribution is -0.130. The van der Waals surface area contributed by atoms with E-state index in [0.29, 0.717) is 12.1 Å². The Kier molecular flexibility index (Phi) is 6.42. The number of nitrogens with zero attached hydrogens (tertiary/aromatic N) is 3. The number of nitrogens with one attached hydrogen (secondary N) is 2. The molecule has 2 aromatic rings. The summed E-state index contributed by atoms with van der Waals surface area (Å²) >= 11 is 1.79. The van der Waals surface area contributed by atoms with Gasteiger partial charge in [0.1, 0.15) is 10.9 Å². The van der Waals surface area contributed by atoms with Gasteiger partial charge in [-0.3, -0.25) is 14.7 Å². The molecule has 32 heavy (non-hydrogen) atoms. The fourth-order valence-corrected chi connectivity index (χ4v) is 6.14. The van der Waals surface area contributed by atoms with Crippen LogP contribution in [0.1, 0.15) is 44.7 Å². The molecule has 1 aliphatic carbocycles. The Morgan fingerprint density at radius 2 is 2.00 bits per heavy atom. The van der Waals surface area contributed by atoms with Crippen LogP contribution in [0.2, 0.25) is 0 Å². The Labute approximate surface area is 193 Å². The highest BCUT2D eigenvalue weighted by atomic mass is 32.2. The van der Waals surface area contributed by atoms with Crippen LogP contribution < -0.4 is 5.32 Å². The molecule has 1 atom stereocenters. The third kappa shape index (κ3) is 4.81. The summed E-state index contributed by atoms with van der Waals surface area (Å²) in [6.45, 7) is 6.20. The number of aromatic amines is 1. The van der Waals surface area contributed by atoms with Crippen molar-refractivity contribution in [3.05, 3.63) is 29.7 Å². The molecule has 1 aromatic carbocycles. The van der Waals surface area contributed by atoms with Gasteiger partial charge in [-0.05, 0) is 37.5 Å². The van der Waals surface area contributed by atoms with E-state index in [2.05, 4.69) is 15.2 Å². The second-order valence-corrected chi connectivity index (χ2v) is 10.3. The average Bonchev–Trinajstić information content (AvgIpc) is 3.53. The van der Waals surface area contributed by atoms with Crippen LogP contribution in [0.25, 0.3) is 10.9 Å². The van der Waals surface area contributed by atoms with Crippen molar-refractivity contribution in [2.24, 2.45) is 4.99 Å². The van der Waals surface area contributed by atoms with Gasteiger partial charge in [-0.2, -0.15) is 0 Å². The number of anilines is 1. The highest BCUT2D eigenvalue weighted by Crippen LogP contribution is 2.32. The summed E-state index contributed by atoms with van der Waals surface area (Å²) in [5, 5.41) is 5.48. The molecule has 1 amide bonds. The number of amides is 1. The largest absolute Gasteiger partial charge is 0.381 e. The molecule has 3 heterocycles. The van der Waals surface area contributed by atoms with Crippen molar-refractivity contribution in [2.45, 2.75) is 51.1 Å². The topological polar surface area (TPSA) is 63.7 Å². The monoisotopic (exact) mass is 457 g/mol. The zero-order valence-electron chi connectivity index (χ0n) is 18.7. The lowest BCUT2D eigenvalue weighted by Gasteiger charge is -2.34. The first-order valence-corrected chi connectivity index (χ1v) is 12.8. The van der Waals surface area contributed by atoms with Crippen LogP contribution in [0.3, 0.4) is 0 Å². The van der Waals surface area contributed by atoms with Crippen LogP contribution in [0.4, 0.5) is 10.1 Å². The van der Waals surface area contributed by atoms with Gasteiger partial charge in [0, 0.05) is 56.8 Å².